The van der Waals surface area contributed by atoms with E-state index in [1.807, 2.05) is 31.2 Å². The minimum atomic E-state index is -0.530. The molecule has 2 amide bonds. The number of methoxy groups -OCH3 is 1. The summed E-state index contributed by atoms with van der Waals surface area (Å²) in [6.45, 7) is 6.53. The summed E-state index contributed by atoms with van der Waals surface area (Å²) in [7, 11) is 1.59. The zero-order valence-corrected chi connectivity index (χ0v) is 18.2. The van der Waals surface area contributed by atoms with Gasteiger partial charge in [-0.3, -0.25) is 0 Å². The second kappa shape index (κ2) is 9.30. The van der Waals surface area contributed by atoms with E-state index < -0.39 is 5.82 Å². The van der Waals surface area contributed by atoms with Crippen LogP contribution in [0.15, 0.2) is 48.7 Å². The van der Waals surface area contributed by atoms with Crippen molar-refractivity contribution in [3.8, 4) is 5.88 Å². The van der Waals surface area contributed by atoms with Crippen LogP contribution < -0.4 is 10.1 Å². The maximum absolute atomic E-state index is 13.5. The van der Waals surface area contributed by atoms with Crippen molar-refractivity contribution >= 4 is 34.1 Å². The van der Waals surface area contributed by atoms with Crippen molar-refractivity contribution in [2.24, 2.45) is 5.92 Å². The van der Waals surface area contributed by atoms with E-state index in [0.29, 0.717) is 18.1 Å². The average Bonchev–Trinajstić information content (AvgIpc) is 2.73. The van der Waals surface area contributed by atoms with Crippen LogP contribution >= 0.6 is 11.6 Å². The molecule has 2 aromatic carbocycles. The Hall–Kier alpha value is -2.86. The number of ether oxygens (including phenoxy) is 1. The number of aromatic nitrogens is 1. The van der Waals surface area contributed by atoms with E-state index in [4.69, 9.17) is 16.3 Å². The van der Waals surface area contributed by atoms with E-state index in [0.717, 1.165) is 16.3 Å². The van der Waals surface area contributed by atoms with Crippen molar-refractivity contribution in [1.29, 1.82) is 0 Å². The molecule has 0 aliphatic carbocycles. The lowest BCUT2D eigenvalue weighted by molar-refractivity contribution is 0.172. The van der Waals surface area contributed by atoms with Gasteiger partial charge in [-0.2, -0.15) is 0 Å². The van der Waals surface area contributed by atoms with E-state index in [2.05, 4.69) is 24.1 Å². The molecule has 3 aromatic rings. The molecular formula is C23H25ClFN3O2. The zero-order valence-electron chi connectivity index (χ0n) is 17.4. The molecule has 0 unspecified atom stereocenters. The second-order valence-electron chi connectivity index (χ2n) is 7.30. The summed E-state index contributed by atoms with van der Waals surface area (Å²) in [5.41, 5.74) is 1.38. The van der Waals surface area contributed by atoms with Crippen molar-refractivity contribution < 1.29 is 13.9 Å². The van der Waals surface area contributed by atoms with E-state index in [9.17, 15) is 9.18 Å². The third kappa shape index (κ3) is 4.33. The summed E-state index contributed by atoms with van der Waals surface area (Å²) < 4.78 is 18.9. The Labute approximate surface area is 180 Å². The number of urea groups is 1. The number of nitrogens with zero attached hydrogens (tertiary/aromatic N) is 2. The summed E-state index contributed by atoms with van der Waals surface area (Å²) in [4.78, 5) is 19.4. The highest BCUT2D eigenvalue weighted by Gasteiger charge is 2.29. The topological polar surface area (TPSA) is 54.5 Å². The van der Waals surface area contributed by atoms with Gasteiger partial charge >= 0.3 is 6.03 Å². The SMILES string of the molecule is CCN(C(=O)Nc1ccc(F)c(Cl)c1)[C@H](c1cnc(OC)c2ccccc12)C(C)C. The first-order valence-corrected chi connectivity index (χ1v) is 10.2. The van der Waals surface area contributed by atoms with Crippen molar-refractivity contribution in [1.82, 2.24) is 9.88 Å². The van der Waals surface area contributed by atoms with Gasteiger partial charge in [-0.05, 0) is 42.5 Å². The fourth-order valence-electron chi connectivity index (χ4n) is 3.71. The van der Waals surface area contributed by atoms with E-state index >= 15 is 0 Å². The van der Waals surface area contributed by atoms with Gasteiger partial charge in [0.25, 0.3) is 0 Å². The minimum absolute atomic E-state index is 0.0402. The Kier molecular flexibility index (Phi) is 6.77. The van der Waals surface area contributed by atoms with Crippen molar-refractivity contribution in [2.45, 2.75) is 26.8 Å². The highest BCUT2D eigenvalue weighted by Crippen LogP contribution is 2.36. The van der Waals surface area contributed by atoms with Gasteiger partial charge in [0.05, 0.1) is 18.2 Å². The number of halogens is 2. The predicted molar refractivity (Wildman–Crippen MR) is 119 cm³/mol. The standard InChI is InChI=1S/C23H25ClFN3O2/c1-5-28(23(29)27-15-10-11-20(25)19(24)12-15)21(14(2)3)18-13-26-22(30-4)17-9-7-6-8-16(17)18/h6-14,21H,5H2,1-4H3,(H,27,29)/t21-/m0/s1. The van der Waals surface area contributed by atoms with Crippen LogP contribution in [0.3, 0.4) is 0 Å². The number of hydrogen-bond donors (Lipinski definition) is 1. The summed E-state index contributed by atoms with van der Waals surface area (Å²) in [5.74, 6) is 0.134. The van der Waals surface area contributed by atoms with Gasteiger partial charge in [0.15, 0.2) is 0 Å². The molecule has 1 heterocycles. The number of hydrogen-bond acceptors (Lipinski definition) is 3. The molecule has 7 heteroatoms. The highest BCUT2D eigenvalue weighted by atomic mass is 35.5. The molecule has 0 spiro atoms. The van der Waals surface area contributed by atoms with Crippen LogP contribution in [0.25, 0.3) is 10.8 Å². The number of anilines is 1. The number of pyridine rings is 1. The summed E-state index contributed by atoms with van der Waals surface area (Å²) in [5, 5.41) is 4.67. The van der Waals surface area contributed by atoms with Crippen molar-refractivity contribution in [2.75, 3.05) is 19.0 Å². The van der Waals surface area contributed by atoms with Crippen molar-refractivity contribution in [3.63, 3.8) is 0 Å². The number of amides is 2. The fraction of sp³-hybridized carbons (Fsp3) is 0.304. The third-order valence-electron chi connectivity index (χ3n) is 5.04. The third-order valence-corrected chi connectivity index (χ3v) is 5.33. The Morgan fingerprint density at radius 1 is 1.23 bits per heavy atom. The lowest BCUT2D eigenvalue weighted by Gasteiger charge is -2.34. The number of rotatable bonds is 6. The molecule has 0 fully saturated rings. The summed E-state index contributed by atoms with van der Waals surface area (Å²) in [6, 6.07) is 11.5. The average molecular weight is 430 g/mol. The molecule has 1 N–H and O–H groups in total. The molecular weight excluding hydrogens is 405 g/mol. The predicted octanol–water partition coefficient (Wildman–Crippen LogP) is 6.29. The van der Waals surface area contributed by atoms with E-state index in [-0.39, 0.29) is 23.0 Å². The molecule has 0 saturated heterocycles. The normalized spacial score (nSPS) is 12.1. The van der Waals surface area contributed by atoms with E-state index in [1.54, 1.807) is 18.2 Å². The van der Waals surface area contributed by atoms with Crippen LogP contribution in [-0.2, 0) is 0 Å². The molecule has 0 aliphatic heterocycles. The van der Waals surface area contributed by atoms with Gasteiger partial charge in [0.1, 0.15) is 5.82 Å². The maximum Gasteiger partial charge on any atom is 0.322 e. The van der Waals surface area contributed by atoms with Crippen LogP contribution in [0, 0.1) is 11.7 Å². The lowest BCUT2D eigenvalue weighted by atomic mass is 9.92. The van der Waals surface area contributed by atoms with Crippen LogP contribution in [0.5, 0.6) is 5.88 Å². The molecule has 1 aromatic heterocycles. The Morgan fingerprint density at radius 3 is 2.53 bits per heavy atom. The van der Waals surface area contributed by atoms with Gasteiger partial charge in [-0.25, -0.2) is 14.2 Å². The molecule has 5 nitrogen and oxygen atoms in total. The van der Waals surface area contributed by atoms with Gasteiger partial charge in [0.2, 0.25) is 5.88 Å². The number of nitrogens with one attached hydrogen (secondary N) is 1. The Bertz CT molecular complexity index is 1060. The largest absolute Gasteiger partial charge is 0.481 e. The molecule has 30 heavy (non-hydrogen) atoms. The quantitative estimate of drug-likeness (QED) is 0.501. The monoisotopic (exact) mass is 429 g/mol. The highest BCUT2D eigenvalue weighted by molar-refractivity contribution is 6.31. The number of fused-ring (bicyclic) bond motifs is 1. The molecule has 1 atom stereocenters. The molecule has 0 saturated carbocycles. The Balaban J connectivity index is 2.01. The lowest BCUT2D eigenvalue weighted by Crippen LogP contribution is -2.40. The summed E-state index contributed by atoms with van der Waals surface area (Å²) in [6.07, 6.45) is 1.77. The van der Waals surface area contributed by atoms with Gasteiger partial charge in [0, 0.05) is 29.4 Å². The van der Waals surface area contributed by atoms with Crippen molar-refractivity contribution in [3.05, 3.63) is 65.1 Å². The van der Waals surface area contributed by atoms with Gasteiger partial charge < -0.3 is 15.0 Å². The van der Waals surface area contributed by atoms with Crippen LogP contribution in [0.2, 0.25) is 5.02 Å². The maximum atomic E-state index is 13.5. The second-order valence-corrected chi connectivity index (χ2v) is 7.71. The number of benzene rings is 2. The first kappa shape index (κ1) is 21.8. The molecule has 0 aliphatic rings. The number of carbonyl (C=O) groups is 1. The summed E-state index contributed by atoms with van der Waals surface area (Å²) >= 11 is 5.85. The number of carbonyl (C=O) groups excluding carboxylic acids is 1. The molecule has 0 radical (unpaired) electrons. The van der Waals surface area contributed by atoms with Crippen LogP contribution in [-0.4, -0.2) is 29.6 Å². The molecule has 0 bridgehead atoms. The van der Waals surface area contributed by atoms with E-state index in [1.165, 1.54) is 18.2 Å². The fourth-order valence-corrected chi connectivity index (χ4v) is 3.89. The van der Waals surface area contributed by atoms with Gasteiger partial charge in [-0.1, -0.05) is 43.6 Å². The minimum Gasteiger partial charge on any atom is -0.481 e. The van der Waals surface area contributed by atoms with Crippen LogP contribution in [0.4, 0.5) is 14.9 Å². The first-order chi connectivity index (χ1) is 14.4. The first-order valence-electron chi connectivity index (χ1n) is 9.81. The zero-order chi connectivity index (χ0) is 21.8. The van der Waals surface area contributed by atoms with Gasteiger partial charge in [-0.15, -0.1) is 0 Å². The van der Waals surface area contributed by atoms with Crippen LogP contribution in [0.1, 0.15) is 32.4 Å². The molecule has 3 rings (SSSR count). The molecule has 158 valence electrons. The Morgan fingerprint density at radius 2 is 1.93 bits per heavy atom. The smallest absolute Gasteiger partial charge is 0.322 e.